The minimum atomic E-state index is -0.0361. The van der Waals surface area contributed by atoms with Crippen molar-refractivity contribution >= 4 is 5.91 Å². The molecule has 4 saturated carbocycles. The average Bonchev–Trinajstić information content (AvgIpc) is 3.28. The molecule has 6 heteroatoms. The van der Waals surface area contributed by atoms with Crippen LogP contribution in [-0.2, 0) is 4.79 Å². The molecule has 0 spiro atoms. The molecule has 0 unspecified atom stereocenters. The molecule has 6 nitrogen and oxygen atoms in total. The van der Waals surface area contributed by atoms with E-state index in [-0.39, 0.29) is 11.3 Å². The number of piperidine rings is 1. The standard InChI is InChI=1S/C25H31N3O3/c1-30-21-4-2-3-20(12-21)22-26-23(31-27-22)19-5-7-28(8-6-19)24(29)25-13-16-9-17(14-25)11-18(10-16)15-25/h2-4,12,16-19H,5-11,13-15H2,1H3. The zero-order chi connectivity index (χ0) is 21.0. The van der Waals surface area contributed by atoms with Crippen LogP contribution in [-0.4, -0.2) is 41.1 Å². The molecule has 4 aliphatic carbocycles. The van der Waals surface area contributed by atoms with Gasteiger partial charge < -0.3 is 14.2 Å². The zero-order valence-corrected chi connectivity index (χ0v) is 18.3. The Morgan fingerprint density at radius 1 is 1.10 bits per heavy atom. The molecule has 1 saturated heterocycles. The van der Waals surface area contributed by atoms with Gasteiger partial charge in [0.2, 0.25) is 17.6 Å². The van der Waals surface area contributed by atoms with Crippen LogP contribution in [0.15, 0.2) is 28.8 Å². The average molecular weight is 422 g/mol. The van der Waals surface area contributed by atoms with E-state index < -0.39 is 0 Å². The third kappa shape index (κ3) is 3.35. The number of nitrogens with zero attached hydrogens (tertiary/aromatic N) is 3. The van der Waals surface area contributed by atoms with Gasteiger partial charge >= 0.3 is 0 Å². The molecule has 5 fully saturated rings. The van der Waals surface area contributed by atoms with Crippen LogP contribution in [0.25, 0.3) is 11.4 Å². The van der Waals surface area contributed by atoms with E-state index in [2.05, 4.69) is 15.0 Å². The summed E-state index contributed by atoms with van der Waals surface area (Å²) in [7, 11) is 1.65. The lowest BCUT2D eigenvalue weighted by atomic mass is 9.49. The molecule has 2 aromatic rings. The summed E-state index contributed by atoms with van der Waals surface area (Å²) in [6.45, 7) is 1.62. The van der Waals surface area contributed by atoms with Crippen LogP contribution in [0.5, 0.6) is 5.75 Å². The highest BCUT2D eigenvalue weighted by Gasteiger charge is 2.55. The number of carbonyl (C=O) groups is 1. The van der Waals surface area contributed by atoms with Crippen LogP contribution in [0.4, 0.5) is 0 Å². The third-order valence-electron chi connectivity index (χ3n) is 8.39. The Labute approximate surface area is 183 Å². The minimum absolute atomic E-state index is 0.0361. The molecular formula is C25H31N3O3. The number of likely N-dealkylation sites (tertiary alicyclic amines) is 1. The SMILES string of the molecule is COc1cccc(-c2noc(C3CCN(C(=O)C45CC6CC(CC(C6)C4)C5)CC3)n2)c1. The first-order chi connectivity index (χ1) is 15.1. The van der Waals surface area contributed by atoms with Gasteiger partial charge in [0.15, 0.2) is 0 Å². The number of amides is 1. The quantitative estimate of drug-likeness (QED) is 0.718. The highest BCUT2D eigenvalue weighted by atomic mass is 16.5. The fourth-order valence-electron chi connectivity index (χ4n) is 7.32. The first-order valence-corrected chi connectivity index (χ1v) is 11.9. The van der Waals surface area contributed by atoms with Crippen molar-refractivity contribution in [1.29, 1.82) is 0 Å². The predicted octanol–water partition coefficient (Wildman–Crippen LogP) is 4.67. The molecule has 0 radical (unpaired) electrons. The Balaban J connectivity index is 1.12. The lowest BCUT2D eigenvalue weighted by Gasteiger charge is -2.57. The molecule has 4 bridgehead atoms. The van der Waals surface area contributed by atoms with Gasteiger partial charge in [0.05, 0.1) is 12.5 Å². The number of carbonyl (C=O) groups excluding carboxylic acids is 1. The van der Waals surface area contributed by atoms with Gasteiger partial charge in [-0.3, -0.25) is 4.79 Å². The largest absolute Gasteiger partial charge is 0.497 e. The highest BCUT2D eigenvalue weighted by molar-refractivity contribution is 5.83. The second-order valence-corrected chi connectivity index (χ2v) is 10.5. The van der Waals surface area contributed by atoms with Gasteiger partial charge in [0.1, 0.15) is 5.75 Å². The number of hydrogen-bond donors (Lipinski definition) is 0. The van der Waals surface area contributed by atoms with Gasteiger partial charge in [-0.1, -0.05) is 17.3 Å². The summed E-state index contributed by atoms with van der Waals surface area (Å²) in [4.78, 5) is 20.4. The van der Waals surface area contributed by atoms with Gasteiger partial charge in [-0.25, -0.2) is 0 Å². The van der Waals surface area contributed by atoms with Gasteiger partial charge in [0, 0.05) is 24.6 Å². The van der Waals surface area contributed by atoms with E-state index in [1.54, 1.807) is 7.11 Å². The van der Waals surface area contributed by atoms with Gasteiger partial charge in [-0.2, -0.15) is 4.98 Å². The Hall–Kier alpha value is -2.37. The number of aromatic nitrogens is 2. The van der Waals surface area contributed by atoms with Crippen LogP contribution in [0.1, 0.15) is 63.2 Å². The summed E-state index contributed by atoms with van der Waals surface area (Å²) in [5, 5.41) is 4.20. The summed E-state index contributed by atoms with van der Waals surface area (Å²) < 4.78 is 10.9. The van der Waals surface area contributed by atoms with Crippen molar-refractivity contribution in [3.05, 3.63) is 30.2 Å². The fraction of sp³-hybridized carbons (Fsp3) is 0.640. The van der Waals surface area contributed by atoms with Crippen LogP contribution in [0.2, 0.25) is 0 Å². The number of hydrogen-bond acceptors (Lipinski definition) is 5. The van der Waals surface area contributed by atoms with E-state index in [1.165, 1.54) is 19.3 Å². The second kappa shape index (κ2) is 7.35. The number of rotatable bonds is 4. The van der Waals surface area contributed by atoms with Crippen LogP contribution in [0.3, 0.4) is 0 Å². The van der Waals surface area contributed by atoms with E-state index in [0.29, 0.717) is 17.6 Å². The lowest BCUT2D eigenvalue weighted by molar-refractivity contribution is -0.158. The van der Waals surface area contributed by atoms with Crippen molar-refractivity contribution in [2.45, 2.75) is 57.3 Å². The molecule has 1 aromatic heterocycles. The molecule has 31 heavy (non-hydrogen) atoms. The maximum absolute atomic E-state index is 13.6. The summed E-state index contributed by atoms with van der Waals surface area (Å²) in [6.07, 6.45) is 9.36. The number of benzene rings is 1. The Kier molecular flexibility index (Phi) is 4.58. The molecule has 7 rings (SSSR count). The predicted molar refractivity (Wildman–Crippen MR) is 115 cm³/mol. The molecule has 0 N–H and O–H groups in total. The summed E-state index contributed by atoms with van der Waals surface area (Å²) in [5.41, 5.74) is 0.856. The normalized spacial score (nSPS) is 32.4. The van der Waals surface area contributed by atoms with Gasteiger partial charge in [0.25, 0.3) is 0 Å². The van der Waals surface area contributed by atoms with Crippen molar-refractivity contribution in [3.8, 4) is 17.1 Å². The third-order valence-corrected chi connectivity index (χ3v) is 8.39. The second-order valence-electron chi connectivity index (χ2n) is 10.5. The highest BCUT2D eigenvalue weighted by Crippen LogP contribution is 2.60. The monoisotopic (exact) mass is 421 g/mol. The first kappa shape index (κ1) is 19.3. The number of ether oxygens (including phenoxy) is 1. The Morgan fingerprint density at radius 2 is 1.77 bits per heavy atom. The minimum Gasteiger partial charge on any atom is -0.497 e. The molecular weight excluding hydrogens is 390 g/mol. The van der Waals surface area contributed by atoms with Crippen molar-refractivity contribution in [2.24, 2.45) is 23.2 Å². The molecule has 1 aliphatic heterocycles. The van der Waals surface area contributed by atoms with Crippen LogP contribution >= 0.6 is 0 Å². The van der Waals surface area contributed by atoms with E-state index in [4.69, 9.17) is 9.26 Å². The molecule has 1 aromatic carbocycles. The van der Waals surface area contributed by atoms with Crippen LogP contribution < -0.4 is 4.74 Å². The van der Waals surface area contributed by atoms with Crippen LogP contribution in [0, 0.1) is 23.2 Å². The molecule has 2 heterocycles. The van der Waals surface area contributed by atoms with Gasteiger partial charge in [-0.15, -0.1) is 0 Å². The Morgan fingerprint density at radius 3 is 2.42 bits per heavy atom. The topological polar surface area (TPSA) is 68.5 Å². The van der Waals surface area contributed by atoms with Crippen molar-refractivity contribution in [1.82, 2.24) is 15.0 Å². The smallest absolute Gasteiger partial charge is 0.230 e. The molecule has 1 amide bonds. The molecule has 5 aliphatic rings. The van der Waals surface area contributed by atoms with E-state index in [0.717, 1.165) is 74.3 Å². The summed E-state index contributed by atoms with van der Waals surface area (Å²) >= 11 is 0. The summed E-state index contributed by atoms with van der Waals surface area (Å²) in [6, 6.07) is 7.71. The van der Waals surface area contributed by atoms with Crippen molar-refractivity contribution in [2.75, 3.05) is 20.2 Å². The number of methoxy groups -OCH3 is 1. The van der Waals surface area contributed by atoms with Crippen molar-refractivity contribution < 1.29 is 14.1 Å². The maximum Gasteiger partial charge on any atom is 0.230 e. The lowest BCUT2D eigenvalue weighted by Crippen LogP contribution is -2.55. The molecule has 164 valence electrons. The molecule has 0 atom stereocenters. The maximum atomic E-state index is 13.6. The van der Waals surface area contributed by atoms with Gasteiger partial charge in [-0.05, 0) is 81.3 Å². The zero-order valence-electron chi connectivity index (χ0n) is 18.3. The fourth-order valence-corrected chi connectivity index (χ4v) is 7.32. The van der Waals surface area contributed by atoms with E-state index in [9.17, 15) is 4.79 Å². The van der Waals surface area contributed by atoms with E-state index in [1.807, 2.05) is 24.3 Å². The first-order valence-electron chi connectivity index (χ1n) is 11.9. The van der Waals surface area contributed by atoms with Crippen molar-refractivity contribution in [3.63, 3.8) is 0 Å². The van der Waals surface area contributed by atoms with E-state index >= 15 is 0 Å². The Bertz CT molecular complexity index is 941. The summed E-state index contributed by atoms with van der Waals surface area (Å²) in [5.74, 6) is 5.17.